The second kappa shape index (κ2) is 20.9. The highest BCUT2D eigenvalue weighted by molar-refractivity contribution is 9.11. The van der Waals surface area contributed by atoms with Gasteiger partial charge in [0, 0.05) is 46.6 Å². The van der Waals surface area contributed by atoms with Gasteiger partial charge in [-0.05, 0) is 82.1 Å². The minimum Gasteiger partial charge on any atom is -0.477 e. The van der Waals surface area contributed by atoms with Crippen molar-refractivity contribution in [3.63, 3.8) is 0 Å². The summed E-state index contributed by atoms with van der Waals surface area (Å²) in [7, 11) is 0. The number of halogens is 8. The maximum atomic E-state index is 12.8. The van der Waals surface area contributed by atoms with E-state index >= 15 is 0 Å². The predicted octanol–water partition coefficient (Wildman–Crippen LogP) is 8.23. The maximum absolute atomic E-state index is 12.8. The number of aromatic nitrogens is 6. The number of carboxylic acid groups (broad SMARTS) is 1. The van der Waals surface area contributed by atoms with Gasteiger partial charge in [-0.3, -0.25) is 14.4 Å². The number of alkyl halides is 6. The van der Waals surface area contributed by atoms with Crippen molar-refractivity contribution in [1.29, 1.82) is 0 Å². The third-order valence-corrected chi connectivity index (χ3v) is 9.12. The normalized spacial score (nSPS) is 11.2. The van der Waals surface area contributed by atoms with Crippen LogP contribution in [0.5, 0.6) is 0 Å². The number of nitrogens with zero attached hydrogens (tertiary/aromatic N) is 6. The average Bonchev–Trinajstić information content (AvgIpc) is 3.79. The Kier molecular flexibility index (Phi) is 16.3. The number of imidazole rings is 2. The monoisotopic (exact) mass is 986 g/mol. The van der Waals surface area contributed by atoms with E-state index in [4.69, 9.17) is 20.3 Å². The number of pyridine rings is 4. The van der Waals surface area contributed by atoms with Crippen LogP contribution >= 0.6 is 31.9 Å². The summed E-state index contributed by atoms with van der Waals surface area (Å²) in [5.41, 5.74) is 6.29. The van der Waals surface area contributed by atoms with E-state index in [1.807, 2.05) is 16.7 Å². The zero-order valence-corrected chi connectivity index (χ0v) is 35.0. The standard InChI is InChI=1S/C19H16BrF3N4O3.C12H14BrN3O2.C7H4F3NO2/c1-2-30-17(28)7-6-11-9-27-10-14(12(20)8-16(27)24-11)26-18(29)13-4-3-5-15(25-13)19(21,22)23;1-2-18-12(17)4-3-8-6-16-7-10(14)9(13)5-11(16)15-8;8-7(9,10)5-3-1-2-4(11-5)6(12)13/h3-5,8-10H,2,6-7H2,1H3,(H,26,29);5-7H,2-4,14H2,1H3;1-3H,(H,12,13). The van der Waals surface area contributed by atoms with Crippen LogP contribution in [0.2, 0.25) is 0 Å². The van der Waals surface area contributed by atoms with Crippen molar-refractivity contribution in [2.24, 2.45) is 0 Å². The fourth-order valence-electron chi connectivity index (χ4n) is 5.02. The van der Waals surface area contributed by atoms with Crippen LogP contribution in [0.3, 0.4) is 0 Å². The number of esters is 2. The molecule has 6 heterocycles. The van der Waals surface area contributed by atoms with Gasteiger partial charge in [0.2, 0.25) is 0 Å². The van der Waals surface area contributed by atoms with Crippen LogP contribution in [0.25, 0.3) is 11.3 Å². The van der Waals surface area contributed by atoms with Gasteiger partial charge in [0.05, 0.1) is 48.8 Å². The molecule has 0 aliphatic carbocycles. The van der Waals surface area contributed by atoms with Gasteiger partial charge in [-0.1, -0.05) is 12.1 Å². The lowest BCUT2D eigenvalue weighted by molar-refractivity contribution is -0.144. The number of anilines is 2. The third-order valence-electron chi connectivity index (χ3n) is 7.77. The largest absolute Gasteiger partial charge is 0.477 e. The molecule has 0 saturated carbocycles. The highest BCUT2D eigenvalue weighted by atomic mass is 79.9. The van der Waals surface area contributed by atoms with E-state index in [1.165, 1.54) is 6.07 Å². The molecule has 0 atom stereocenters. The summed E-state index contributed by atoms with van der Waals surface area (Å²) in [5.74, 6) is -2.79. The number of rotatable bonds is 11. The van der Waals surface area contributed by atoms with E-state index in [1.54, 1.807) is 42.9 Å². The van der Waals surface area contributed by atoms with Crippen molar-refractivity contribution in [3.8, 4) is 0 Å². The lowest BCUT2D eigenvalue weighted by Crippen LogP contribution is -2.17. The van der Waals surface area contributed by atoms with Crippen molar-refractivity contribution < 1.29 is 60.1 Å². The minimum absolute atomic E-state index is 0.184. The molecule has 0 aliphatic rings. The van der Waals surface area contributed by atoms with Gasteiger partial charge < -0.3 is 34.4 Å². The molecule has 0 spiro atoms. The zero-order valence-electron chi connectivity index (χ0n) is 31.9. The van der Waals surface area contributed by atoms with Crippen molar-refractivity contribution in [2.75, 3.05) is 24.3 Å². The number of nitrogens with one attached hydrogen (secondary N) is 1. The molecule has 15 nitrogen and oxygen atoms in total. The van der Waals surface area contributed by atoms with E-state index < -0.39 is 41.3 Å². The highest BCUT2D eigenvalue weighted by Crippen LogP contribution is 2.29. The van der Waals surface area contributed by atoms with Gasteiger partial charge in [-0.15, -0.1) is 0 Å². The van der Waals surface area contributed by atoms with Gasteiger partial charge in [0.15, 0.2) is 0 Å². The minimum atomic E-state index is -4.65. The summed E-state index contributed by atoms with van der Waals surface area (Å²) in [4.78, 5) is 60.5. The quantitative estimate of drug-likeness (QED) is 0.0830. The molecule has 0 bridgehead atoms. The molecule has 324 valence electrons. The number of fused-ring (bicyclic) bond motifs is 2. The van der Waals surface area contributed by atoms with Gasteiger partial charge in [0.1, 0.15) is 34.1 Å². The number of carboxylic acids is 1. The van der Waals surface area contributed by atoms with Gasteiger partial charge in [-0.2, -0.15) is 26.3 Å². The Morgan fingerprint density at radius 1 is 0.705 bits per heavy atom. The van der Waals surface area contributed by atoms with E-state index in [-0.39, 0.29) is 24.1 Å². The Bertz CT molecular complexity index is 2490. The second-order valence-electron chi connectivity index (χ2n) is 12.3. The first-order valence-electron chi connectivity index (χ1n) is 17.7. The fraction of sp³-hybridized carbons (Fsp3) is 0.263. The molecule has 0 aromatic carbocycles. The smallest absolute Gasteiger partial charge is 0.433 e. The molecule has 6 aromatic heterocycles. The third kappa shape index (κ3) is 14.0. The van der Waals surface area contributed by atoms with Crippen LogP contribution in [0.4, 0.5) is 37.7 Å². The Hall–Kier alpha value is -6.10. The van der Waals surface area contributed by atoms with Crippen molar-refractivity contribution >= 4 is 78.3 Å². The van der Waals surface area contributed by atoms with Crippen molar-refractivity contribution in [2.45, 2.75) is 51.9 Å². The molecular formula is C38H34Br2F6N8O7. The fourth-order valence-corrected chi connectivity index (χ4v) is 5.73. The average molecular weight is 989 g/mol. The van der Waals surface area contributed by atoms with E-state index in [2.05, 4.69) is 57.1 Å². The second-order valence-corrected chi connectivity index (χ2v) is 14.0. The molecule has 0 saturated heterocycles. The topological polar surface area (TPSA) is 205 Å². The SMILES string of the molecule is CCOC(=O)CCc1cn2cc(N)c(Br)cc2n1.CCOC(=O)CCc1cn2cc(NC(=O)c3cccc(C(F)(F)F)n3)c(Br)cc2n1.O=C(O)c1cccc(C(F)(F)F)n1. The molecule has 0 fully saturated rings. The van der Waals surface area contributed by atoms with Crippen LogP contribution in [0.1, 0.15) is 70.4 Å². The van der Waals surface area contributed by atoms with Crippen LogP contribution in [-0.2, 0) is 44.3 Å². The molecule has 0 radical (unpaired) electrons. The maximum Gasteiger partial charge on any atom is 0.433 e. The van der Waals surface area contributed by atoms with Gasteiger partial charge in [0.25, 0.3) is 5.91 Å². The van der Waals surface area contributed by atoms with Crippen molar-refractivity contribution in [1.82, 2.24) is 28.7 Å². The van der Waals surface area contributed by atoms with Gasteiger partial charge in [-0.25, -0.2) is 24.7 Å². The number of nitrogen functional groups attached to an aromatic ring is 1. The molecule has 61 heavy (non-hydrogen) atoms. The molecule has 0 aliphatic heterocycles. The van der Waals surface area contributed by atoms with E-state index in [9.17, 15) is 45.5 Å². The Morgan fingerprint density at radius 2 is 1.16 bits per heavy atom. The lowest BCUT2D eigenvalue weighted by Gasteiger charge is -2.10. The number of hydrogen-bond acceptors (Lipinski definition) is 11. The van der Waals surface area contributed by atoms with Crippen LogP contribution in [0, 0.1) is 0 Å². The number of aromatic carboxylic acids is 1. The first-order chi connectivity index (χ1) is 28.7. The van der Waals surface area contributed by atoms with E-state index in [0.29, 0.717) is 65.7 Å². The summed E-state index contributed by atoms with van der Waals surface area (Å²) in [6, 6.07) is 9.31. The van der Waals surface area contributed by atoms with Crippen LogP contribution in [0.15, 0.2) is 82.3 Å². The number of nitrogens with two attached hydrogens (primary N) is 1. The predicted molar refractivity (Wildman–Crippen MR) is 213 cm³/mol. The number of hydrogen-bond donors (Lipinski definition) is 3. The summed E-state index contributed by atoms with van der Waals surface area (Å²) < 4.78 is 88.9. The highest BCUT2D eigenvalue weighted by Gasteiger charge is 2.34. The van der Waals surface area contributed by atoms with E-state index in [0.717, 1.165) is 40.1 Å². The Balaban J connectivity index is 0.000000223. The molecule has 1 amide bonds. The molecule has 6 aromatic rings. The van der Waals surface area contributed by atoms with Gasteiger partial charge >= 0.3 is 30.3 Å². The first-order valence-corrected chi connectivity index (χ1v) is 19.3. The summed E-state index contributed by atoms with van der Waals surface area (Å²) in [6.45, 7) is 4.24. The lowest BCUT2D eigenvalue weighted by atomic mass is 10.2. The summed E-state index contributed by atoms with van der Waals surface area (Å²) in [5, 5.41) is 10.9. The zero-order chi connectivity index (χ0) is 45.1. The summed E-state index contributed by atoms with van der Waals surface area (Å²) in [6.07, 6.45) is -0.856. The molecule has 6 rings (SSSR count). The Labute approximate surface area is 358 Å². The number of ether oxygens (including phenoxy) is 2. The Morgan fingerprint density at radius 3 is 1.64 bits per heavy atom. The first kappa shape index (κ1) is 47.6. The number of amides is 1. The number of aryl methyl sites for hydroxylation is 2. The number of carbonyl (C=O) groups excluding carboxylic acids is 3. The van der Waals surface area contributed by atoms with Crippen LogP contribution < -0.4 is 11.1 Å². The van der Waals surface area contributed by atoms with Crippen LogP contribution in [-0.4, -0.2) is 70.9 Å². The number of carbonyl (C=O) groups is 4. The summed E-state index contributed by atoms with van der Waals surface area (Å²) >= 11 is 6.67. The van der Waals surface area contributed by atoms with Crippen molar-refractivity contribution in [3.05, 3.63) is 116 Å². The molecule has 23 heteroatoms. The molecule has 4 N–H and O–H groups in total. The molecular weight excluding hydrogens is 954 g/mol. The molecule has 0 unspecified atom stereocenters.